The van der Waals surface area contributed by atoms with Gasteiger partial charge in [-0.25, -0.2) is 9.78 Å². The van der Waals surface area contributed by atoms with E-state index >= 15 is 0 Å². The Morgan fingerprint density at radius 1 is 0.889 bits per heavy atom. The lowest BCUT2D eigenvalue weighted by Crippen LogP contribution is -2.12. The summed E-state index contributed by atoms with van der Waals surface area (Å²) in [5, 5.41) is 5.39. The first-order valence-corrected chi connectivity index (χ1v) is 8.98. The van der Waals surface area contributed by atoms with Crippen molar-refractivity contribution in [1.29, 1.82) is 0 Å². The van der Waals surface area contributed by atoms with Crippen LogP contribution < -0.4 is 5.32 Å². The molecule has 4 heteroatoms. The maximum absolute atomic E-state index is 12.6. The summed E-state index contributed by atoms with van der Waals surface area (Å²) < 4.78 is 5.42. The topological polar surface area (TPSA) is 51.2 Å². The Hall–Kier alpha value is -3.40. The largest absolute Gasteiger partial charge is 0.459 e. The maximum atomic E-state index is 12.6. The number of carbonyl (C=O) groups is 1. The molecular weight excluding hydrogens is 336 g/mol. The minimum atomic E-state index is -0.357. The van der Waals surface area contributed by atoms with Crippen molar-refractivity contribution in [2.75, 3.05) is 5.32 Å². The minimum absolute atomic E-state index is 0.185. The van der Waals surface area contributed by atoms with Crippen molar-refractivity contribution in [2.45, 2.75) is 20.0 Å². The first-order chi connectivity index (χ1) is 13.1. The van der Waals surface area contributed by atoms with Crippen molar-refractivity contribution < 1.29 is 9.53 Å². The Kier molecular flexibility index (Phi) is 4.47. The minimum Gasteiger partial charge on any atom is -0.459 e. The zero-order valence-electron chi connectivity index (χ0n) is 15.3. The van der Waals surface area contributed by atoms with E-state index < -0.39 is 0 Å². The van der Waals surface area contributed by atoms with Crippen LogP contribution in [0.15, 0.2) is 72.8 Å². The average molecular weight is 356 g/mol. The first kappa shape index (κ1) is 17.0. The lowest BCUT2D eigenvalue weighted by atomic mass is 10.0. The van der Waals surface area contributed by atoms with E-state index in [1.54, 1.807) is 6.07 Å². The lowest BCUT2D eigenvalue weighted by molar-refractivity contribution is 0.0380. The highest BCUT2D eigenvalue weighted by Crippen LogP contribution is 2.34. The van der Waals surface area contributed by atoms with Gasteiger partial charge >= 0.3 is 5.97 Å². The molecule has 4 rings (SSSR count). The van der Waals surface area contributed by atoms with Gasteiger partial charge in [0.2, 0.25) is 0 Å². The fraction of sp³-hybridized carbons (Fsp3) is 0.130. The zero-order valence-corrected chi connectivity index (χ0v) is 15.3. The molecular formula is C23H20N2O2. The first-order valence-electron chi connectivity index (χ1n) is 8.98. The Bertz CT molecular complexity index is 1120. The fourth-order valence-corrected chi connectivity index (χ4v) is 3.16. The second kappa shape index (κ2) is 7.08. The van der Waals surface area contributed by atoms with E-state index in [4.69, 9.17) is 9.72 Å². The number of anilines is 2. The number of benzene rings is 3. The molecule has 0 bridgehead atoms. The quantitative estimate of drug-likeness (QED) is 0.376. The summed E-state index contributed by atoms with van der Waals surface area (Å²) in [7, 11) is 0. The van der Waals surface area contributed by atoms with Crippen molar-refractivity contribution in [3.63, 3.8) is 0 Å². The molecule has 134 valence electrons. The smallest absolute Gasteiger partial charge is 0.340 e. The molecule has 27 heavy (non-hydrogen) atoms. The second-order valence-corrected chi connectivity index (χ2v) is 6.65. The van der Waals surface area contributed by atoms with E-state index in [0.29, 0.717) is 11.1 Å². The number of pyridine rings is 1. The number of ether oxygens (including phenoxy) is 1. The third-order valence-corrected chi connectivity index (χ3v) is 4.32. The fourth-order valence-electron chi connectivity index (χ4n) is 3.16. The van der Waals surface area contributed by atoms with Gasteiger partial charge in [-0.2, -0.15) is 0 Å². The molecule has 0 spiro atoms. The van der Waals surface area contributed by atoms with Crippen LogP contribution in [0.3, 0.4) is 0 Å². The number of fused-ring (bicyclic) bond motifs is 2. The van der Waals surface area contributed by atoms with Crippen molar-refractivity contribution in [3.8, 4) is 0 Å². The Labute approximate surface area is 157 Å². The van der Waals surface area contributed by atoms with Crippen LogP contribution in [-0.2, 0) is 4.74 Å². The molecule has 4 nitrogen and oxygen atoms in total. The third-order valence-electron chi connectivity index (χ3n) is 4.32. The molecule has 0 atom stereocenters. The van der Waals surface area contributed by atoms with E-state index in [1.165, 1.54) is 0 Å². The highest BCUT2D eigenvalue weighted by molar-refractivity contribution is 6.13. The van der Waals surface area contributed by atoms with Gasteiger partial charge in [-0.15, -0.1) is 0 Å². The van der Waals surface area contributed by atoms with Crippen LogP contribution in [-0.4, -0.2) is 17.1 Å². The molecule has 0 unspecified atom stereocenters. The molecule has 1 N–H and O–H groups in total. The van der Waals surface area contributed by atoms with Crippen LogP contribution in [0.5, 0.6) is 0 Å². The highest BCUT2D eigenvalue weighted by Gasteiger charge is 2.17. The van der Waals surface area contributed by atoms with Crippen LogP contribution in [0.1, 0.15) is 24.2 Å². The Morgan fingerprint density at radius 2 is 1.59 bits per heavy atom. The molecule has 0 aliphatic rings. The highest BCUT2D eigenvalue weighted by atomic mass is 16.5. The Morgan fingerprint density at radius 3 is 2.37 bits per heavy atom. The molecule has 1 heterocycles. The van der Waals surface area contributed by atoms with Gasteiger partial charge in [0.15, 0.2) is 0 Å². The number of hydrogen-bond acceptors (Lipinski definition) is 4. The molecule has 0 amide bonds. The van der Waals surface area contributed by atoms with Crippen LogP contribution in [0.2, 0.25) is 0 Å². The molecule has 0 aliphatic carbocycles. The molecule has 0 saturated carbocycles. The molecule has 1 aromatic heterocycles. The maximum Gasteiger partial charge on any atom is 0.340 e. The van der Waals surface area contributed by atoms with Gasteiger partial charge in [-0.1, -0.05) is 48.5 Å². The molecule has 0 aliphatic heterocycles. The number of nitrogens with zero attached hydrogens (tertiary/aromatic N) is 1. The third kappa shape index (κ3) is 3.34. The van der Waals surface area contributed by atoms with E-state index in [2.05, 4.69) is 5.32 Å². The van der Waals surface area contributed by atoms with Crippen LogP contribution in [0.4, 0.5) is 11.4 Å². The van der Waals surface area contributed by atoms with Gasteiger partial charge < -0.3 is 10.1 Å². The summed E-state index contributed by atoms with van der Waals surface area (Å²) in [4.78, 5) is 17.4. The van der Waals surface area contributed by atoms with Gasteiger partial charge in [-0.3, -0.25) is 0 Å². The molecule has 0 saturated heterocycles. The monoisotopic (exact) mass is 356 g/mol. The van der Waals surface area contributed by atoms with E-state index in [0.717, 1.165) is 27.7 Å². The number of rotatable bonds is 4. The van der Waals surface area contributed by atoms with Crippen molar-refractivity contribution >= 4 is 39.1 Å². The van der Waals surface area contributed by atoms with Gasteiger partial charge in [0, 0.05) is 16.5 Å². The summed E-state index contributed by atoms with van der Waals surface area (Å²) in [6.07, 6.45) is -0.185. The van der Waals surface area contributed by atoms with E-state index in [-0.39, 0.29) is 12.1 Å². The van der Waals surface area contributed by atoms with Crippen molar-refractivity contribution in [1.82, 2.24) is 4.98 Å². The second-order valence-electron chi connectivity index (χ2n) is 6.65. The van der Waals surface area contributed by atoms with Gasteiger partial charge in [0.25, 0.3) is 0 Å². The number of aromatic nitrogens is 1. The number of esters is 1. The van der Waals surface area contributed by atoms with Gasteiger partial charge in [0.1, 0.15) is 0 Å². The molecule has 4 aromatic rings. The van der Waals surface area contributed by atoms with E-state index in [1.807, 2.05) is 80.6 Å². The normalized spacial score (nSPS) is 11.1. The molecule has 0 radical (unpaired) electrons. The predicted octanol–water partition coefficient (Wildman–Crippen LogP) is 5.70. The number of carbonyl (C=O) groups excluding carboxylic acids is 1. The summed E-state index contributed by atoms with van der Waals surface area (Å²) in [5.74, 6) is -0.357. The standard InChI is InChI=1S/C23H20N2O2/c1-15(2)27-23(26)19-13-8-12-18-21(24-16-9-4-3-5-10-16)17-11-6-7-14-20(17)25-22(18)19/h3-15H,1-2H3,(H,24,25). The van der Waals surface area contributed by atoms with Crippen molar-refractivity contribution in [2.24, 2.45) is 0 Å². The van der Waals surface area contributed by atoms with Crippen LogP contribution in [0, 0.1) is 0 Å². The van der Waals surface area contributed by atoms with E-state index in [9.17, 15) is 4.79 Å². The van der Waals surface area contributed by atoms with Crippen molar-refractivity contribution in [3.05, 3.63) is 78.4 Å². The van der Waals surface area contributed by atoms with Crippen LogP contribution in [0.25, 0.3) is 21.8 Å². The Balaban J connectivity index is 1.97. The molecule has 3 aromatic carbocycles. The lowest BCUT2D eigenvalue weighted by Gasteiger charge is -2.15. The van der Waals surface area contributed by atoms with Gasteiger partial charge in [-0.05, 0) is 38.1 Å². The summed E-state index contributed by atoms with van der Waals surface area (Å²) in [5.41, 5.74) is 3.85. The average Bonchev–Trinajstić information content (AvgIpc) is 2.67. The number of hydrogen-bond donors (Lipinski definition) is 1. The number of para-hydroxylation sites is 3. The summed E-state index contributed by atoms with van der Waals surface area (Å²) in [6, 6.07) is 23.5. The number of nitrogens with one attached hydrogen (secondary N) is 1. The summed E-state index contributed by atoms with van der Waals surface area (Å²) in [6.45, 7) is 3.68. The van der Waals surface area contributed by atoms with Crippen LogP contribution >= 0.6 is 0 Å². The molecule has 0 fully saturated rings. The zero-order chi connectivity index (χ0) is 18.8. The SMILES string of the molecule is CC(C)OC(=O)c1cccc2c(Nc3ccccc3)c3ccccc3nc12. The van der Waals surface area contributed by atoms with Gasteiger partial charge in [0.05, 0.1) is 28.4 Å². The predicted molar refractivity (Wildman–Crippen MR) is 110 cm³/mol. The summed E-state index contributed by atoms with van der Waals surface area (Å²) >= 11 is 0.